The number of aryl methyl sites for hydroxylation is 2. The molecule has 2 aromatic carbocycles. The Labute approximate surface area is 270 Å². The van der Waals surface area contributed by atoms with Gasteiger partial charge in [-0.1, -0.05) is 150 Å². The first kappa shape index (κ1) is 60.0. The van der Waals surface area contributed by atoms with Gasteiger partial charge in [0.05, 0.1) is 0 Å². The van der Waals surface area contributed by atoms with Crippen LogP contribution in [-0.4, -0.2) is 68.6 Å². The third-order valence-electron chi connectivity index (χ3n) is 4.46. The zero-order valence-electron chi connectivity index (χ0n) is 33.0. The van der Waals surface area contributed by atoms with Gasteiger partial charge < -0.3 is 19.4 Å². The van der Waals surface area contributed by atoms with E-state index in [1.807, 2.05) is 81.6 Å². The van der Waals surface area contributed by atoms with Crippen molar-refractivity contribution in [1.82, 2.24) is 9.88 Å². The molecule has 0 amide bonds. The number of aliphatic hydroxyl groups excluding tert-OH is 1. The van der Waals surface area contributed by atoms with Gasteiger partial charge in [0.2, 0.25) is 0 Å². The van der Waals surface area contributed by atoms with Gasteiger partial charge in [-0.15, -0.1) is 0 Å². The molecule has 2 rings (SSSR count). The Morgan fingerprint density at radius 3 is 0.833 bits per heavy atom. The van der Waals surface area contributed by atoms with Crippen molar-refractivity contribution in [3.05, 3.63) is 71.8 Å². The van der Waals surface area contributed by atoms with Gasteiger partial charge in [-0.2, -0.15) is 0 Å². The fourth-order valence-corrected chi connectivity index (χ4v) is 1.43. The standard InChI is InChI=1S/2C8H10.C5H15NSi.C4H12OSi.C2H7N.4C2H6.CH4O/c2*1-2-8-6-4-3-5-7-8;1-6(2)7(3,4)5;1-5-6(2,3)4;1-3-2;5*1-2/h2*3-7H,2H2,1H3;1-5H3;1-4H3;3H,1-2H3;4*1-2H3;2H,1H3. The van der Waals surface area contributed by atoms with E-state index in [1.54, 1.807) is 7.11 Å². The van der Waals surface area contributed by atoms with Gasteiger partial charge in [0.1, 0.15) is 8.24 Å². The number of aliphatic hydroxyl groups is 1. The van der Waals surface area contributed by atoms with Gasteiger partial charge in [-0.3, -0.25) is 0 Å². The fraction of sp³-hybridized carbons (Fsp3) is 0.667. The molecule has 0 saturated heterocycles. The molecular formula is C36H82N2O2Si2. The second-order valence-electron chi connectivity index (χ2n) is 9.56. The summed E-state index contributed by atoms with van der Waals surface area (Å²) in [4.78, 5) is 0. The summed E-state index contributed by atoms with van der Waals surface area (Å²) in [6.45, 7) is 33.8. The van der Waals surface area contributed by atoms with Gasteiger partial charge in [0, 0.05) is 14.2 Å². The molecular weight excluding hydrogens is 549 g/mol. The van der Waals surface area contributed by atoms with E-state index in [0.29, 0.717) is 0 Å². The molecule has 0 radical (unpaired) electrons. The van der Waals surface area contributed by atoms with Crippen LogP contribution < -0.4 is 5.32 Å². The van der Waals surface area contributed by atoms with Gasteiger partial charge in [-0.25, -0.2) is 0 Å². The Morgan fingerprint density at radius 1 is 0.595 bits per heavy atom. The summed E-state index contributed by atoms with van der Waals surface area (Å²) in [6, 6.07) is 20.9. The summed E-state index contributed by atoms with van der Waals surface area (Å²) in [5.74, 6) is 0. The highest BCUT2D eigenvalue weighted by atomic mass is 28.4. The maximum Gasteiger partial charge on any atom is 0.183 e. The molecule has 0 aliphatic heterocycles. The molecule has 0 bridgehead atoms. The lowest BCUT2D eigenvalue weighted by Crippen LogP contribution is -2.39. The summed E-state index contributed by atoms with van der Waals surface area (Å²) in [6.07, 6.45) is 2.28. The quantitative estimate of drug-likeness (QED) is 0.330. The van der Waals surface area contributed by atoms with E-state index in [4.69, 9.17) is 9.53 Å². The third kappa shape index (κ3) is 71.7. The smallest absolute Gasteiger partial charge is 0.183 e. The van der Waals surface area contributed by atoms with Crippen LogP contribution in [0.3, 0.4) is 0 Å². The van der Waals surface area contributed by atoms with E-state index < -0.39 is 16.6 Å². The predicted molar refractivity (Wildman–Crippen MR) is 208 cm³/mol. The van der Waals surface area contributed by atoms with Gasteiger partial charge in [-0.05, 0) is 71.8 Å². The van der Waals surface area contributed by atoms with Crippen molar-refractivity contribution >= 4 is 16.6 Å². The SMILES string of the molecule is CC.CC.CC.CC.CCc1ccccc1.CCc1ccccc1.CN(C)[Si](C)(C)C.CNC.CO.CO[Si](C)(C)C. The summed E-state index contributed by atoms with van der Waals surface area (Å²) in [5, 5.41) is 9.75. The van der Waals surface area contributed by atoms with E-state index >= 15 is 0 Å². The molecule has 0 spiro atoms. The molecule has 0 atom stereocenters. The molecule has 0 unspecified atom stereocenters. The van der Waals surface area contributed by atoms with Crippen molar-refractivity contribution in [2.45, 2.75) is 121 Å². The number of nitrogens with zero attached hydrogens (tertiary/aromatic N) is 1. The topological polar surface area (TPSA) is 44.7 Å². The zero-order valence-corrected chi connectivity index (χ0v) is 35.0. The first-order valence-corrected chi connectivity index (χ1v) is 23.0. The first-order valence-electron chi connectivity index (χ1n) is 16.1. The summed E-state index contributed by atoms with van der Waals surface area (Å²) >= 11 is 0. The van der Waals surface area contributed by atoms with Crippen LogP contribution >= 0.6 is 0 Å². The van der Waals surface area contributed by atoms with Gasteiger partial charge in [0.15, 0.2) is 8.32 Å². The number of nitrogens with one attached hydrogen (secondary N) is 1. The largest absolute Gasteiger partial charge is 0.421 e. The number of hydrogen-bond donors (Lipinski definition) is 2. The predicted octanol–water partition coefficient (Wildman–Crippen LogP) is 10.9. The molecule has 0 aliphatic rings. The number of rotatable bonds is 4. The summed E-state index contributed by atoms with van der Waals surface area (Å²) in [5.41, 5.74) is 2.82. The maximum absolute atomic E-state index is 7.00. The van der Waals surface area contributed by atoms with Crippen LogP contribution in [0.15, 0.2) is 60.7 Å². The number of benzene rings is 2. The van der Waals surface area contributed by atoms with Crippen molar-refractivity contribution in [1.29, 1.82) is 0 Å². The number of hydrogen-bond acceptors (Lipinski definition) is 4. The van der Waals surface area contributed by atoms with Crippen LogP contribution in [0.1, 0.15) is 80.4 Å². The summed E-state index contributed by atoms with van der Waals surface area (Å²) in [7, 11) is 8.78. The highest BCUT2D eigenvalue weighted by molar-refractivity contribution is 6.73. The minimum absolute atomic E-state index is 0.901. The highest BCUT2D eigenvalue weighted by Crippen LogP contribution is 2.01. The molecule has 0 heterocycles. The molecule has 0 aliphatic carbocycles. The van der Waals surface area contributed by atoms with Crippen molar-refractivity contribution in [3.63, 3.8) is 0 Å². The van der Waals surface area contributed by atoms with E-state index in [1.165, 1.54) is 11.1 Å². The molecule has 0 aromatic heterocycles. The van der Waals surface area contributed by atoms with E-state index in [9.17, 15) is 0 Å². The second kappa shape index (κ2) is 52.4. The van der Waals surface area contributed by atoms with E-state index in [-0.39, 0.29) is 0 Å². The summed E-state index contributed by atoms with van der Waals surface area (Å²) < 4.78 is 7.40. The highest BCUT2D eigenvalue weighted by Gasteiger charge is 2.14. The molecule has 2 N–H and O–H groups in total. The monoisotopic (exact) mass is 631 g/mol. The minimum Gasteiger partial charge on any atom is -0.421 e. The van der Waals surface area contributed by atoms with Crippen LogP contribution in [0.2, 0.25) is 39.3 Å². The van der Waals surface area contributed by atoms with Crippen LogP contribution in [-0.2, 0) is 17.3 Å². The van der Waals surface area contributed by atoms with Crippen molar-refractivity contribution in [2.75, 3.05) is 42.4 Å². The van der Waals surface area contributed by atoms with Gasteiger partial charge >= 0.3 is 0 Å². The Balaban J connectivity index is -0.0000000542. The molecule has 0 fully saturated rings. The molecule has 0 saturated carbocycles. The Kier molecular flexibility index (Phi) is 74.8. The minimum atomic E-state index is -1.13. The second-order valence-corrected chi connectivity index (χ2v) is 19.4. The van der Waals surface area contributed by atoms with Crippen LogP contribution in [0.25, 0.3) is 0 Å². The lowest BCUT2D eigenvalue weighted by Gasteiger charge is -2.24. The fourth-order valence-electron chi connectivity index (χ4n) is 1.43. The Bertz CT molecular complexity index is 574. The Morgan fingerprint density at radius 2 is 0.762 bits per heavy atom. The van der Waals surface area contributed by atoms with Crippen molar-refractivity contribution in [3.8, 4) is 0 Å². The molecule has 6 heteroatoms. The average Bonchev–Trinajstić information content (AvgIpc) is 3.03. The Hall–Kier alpha value is -1.29. The first-order chi connectivity index (χ1) is 19.8. The van der Waals surface area contributed by atoms with E-state index in [2.05, 4.69) is 126 Å². The molecule has 256 valence electrons. The van der Waals surface area contributed by atoms with Gasteiger partial charge in [0.25, 0.3) is 0 Å². The van der Waals surface area contributed by atoms with Crippen molar-refractivity contribution in [2.24, 2.45) is 0 Å². The van der Waals surface area contributed by atoms with E-state index in [0.717, 1.165) is 20.0 Å². The van der Waals surface area contributed by atoms with Crippen LogP contribution in [0.4, 0.5) is 0 Å². The maximum atomic E-state index is 7.00. The lowest BCUT2D eigenvalue weighted by molar-refractivity contribution is 0.399. The average molecular weight is 631 g/mol. The molecule has 42 heavy (non-hydrogen) atoms. The van der Waals surface area contributed by atoms with Crippen molar-refractivity contribution < 1.29 is 9.53 Å². The lowest BCUT2D eigenvalue weighted by atomic mass is 10.2. The third-order valence-corrected chi connectivity index (χ3v) is 8.36. The molecule has 4 nitrogen and oxygen atoms in total. The van der Waals surface area contributed by atoms with Crippen LogP contribution in [0, 0.1) is 0 Å². The van der Waals surface area contributed by atoms with Crippen LogP contribution in [0.5, 0.6) is 0 Å². The zero-order chi connectivity index (χ0) is 35.6. The molecule has 2 aromatic rings. The normalized spacial score (nSPS) is 8.48.